The highest BCUT2D eigenvalue weighted by atomic mass is 16.4. The van der Waals surface area contributed by atoms with Gasteiger partial charge in [0.1, 0.15) is 6.04 Å². The Morgan fingerprint density at radius 2 is 1.89 bits per heavy atom. The fourth-order valence-electron chi connectivity index (χ4n) is 1.76. The van der Waals surface area contributed by atoms with E-state index in [-0.39, 0.29) is 13.0 Å². The van der Waals surface area contributed by atoms with Crippen LogP contribution in [0.1, 0.15) is 18.9 Å². The predicted molar refractivity (Wildman–Crippen MR) is 67.9 cm³/mol. The third kappa shape index (κ3) is 3.48. The molecule has 1 aromatic rings. The van der Waals surface area contributed by atoms with Gasteiger partial charge in [0.15, 0.2) is 0 Å². The number of carboxylic acids is 2. The van der Waals surface area contributed by atoms with Crippen LogP contribution in [0.5, 0.6) is 0 Å². The molecule has 0 aromatic heterocycles. The van der Waals surface area contributed by atoms with Gasteiger partial charge in [0.25, 0.3) is 0 Å². The van der Waals surface area contributed by atoms with E-state index in [4.69, 9.17) is 10.2 Å². The number of hydrogen-bond acceptors (Lipinski definition) is 3. The summed E-state index contributed by atoms with van der Waals surface area (Å²) >= 11 is 0. The lowest BCUT2D eigenvalue weighted by Gasteiger charge is -2.29. The minimum Gasteiger partial charge on any atom is -0.481 e. The van der Waals surface area contributed by atoms with Crippen molar-refractivity contribution in [1.82, 2.24) is 0 Å². The molecule has 0 aliphatic heterocycles. The Bertz CT molecular complexity index is 444. The van der Waals surface area contributed by atoms with Gasteiger partial charge in [-0.15, -0.1) is 0 Å². The first kappa shape index (κ1) is 14.0. The number of rotatable bonds is 6. The Morgan fingerprint density at radius 1 is 1.28 bits per heavy atom. The minimum atomic E-state index is -0.969. The van der Waals surface area contributed by atoms with Crippen molar-refractivity contribution in [3.63, 3.8) is 0 Å². The van der Waals surface area contributed by atoms with Crippen LogP contribution in [0.2, 0.25) is 0 Å². The number of anilines is 1. The van der Waals surface area contributed by atoms with Crippen molar-refractivity contribution in [2.24, 2.45) is 0 Å². The molecule has 0 spiro atoms. The molecule has 1 rings (SSSR count). The number of benzene rings is 1. The summed E-state index contributed by atoms with van der Waals surface area (Å²) in [6.45, 7) is 3.60. The minimum absolute atomic E-state index is 0.0913. The van der Waals surface area contributed by atoms with Gasteiger partial charge in [-0.1, -0.05) is 18.2 Å². The lowest BCUT2D eigenvalue weighted by atomic mass is 10.1. The van der Waals surface area contributed by atoms with Crippen molar-refractivity contribution in [2.75, 3.05) is 11.4 Å². The van der Waals surface area contributed by atoms with Gasteiger partial charge >= 0.3 is 11.9 Å². The maximum absolute atomic E-state index is 11.1. The van der Waals surface area contributed by atoms with Crippen molar-refractivity contribution in [3.8, 4) is 0 Å². The van der Waals surface area contributed by atoms with Gasteiger partial charge in [-0.3, -0.25) is 4.79 Å². The van der Waals surface area contributed by atoms with Crippen molar-refractivity contribution >= 4 is 17.6 Å². The number of hydrogen-bond donors (Lipinski definition) is 2. The zero-order valence-electron chi connectivity index (χ0n) is 10.5. The quantitative estimate of drug-likeness (QED) is 0.805. The molecule has 0 aliphatic rings. The highest BCUT2D eigenvalue weighted by Gasteiger charge is 2.22. The van der Waals surface area contributed by atoms with Crippen molar-refractivity contribution in [3.05, 3.63) is 29.8 Å². The average molecular weight is 251 g/mol. The first-order valence-corrected chi connectivity index (χ1v) is 5.70. The van der Waals surface area contributed by atoms with Gasteiger partial charge in [-0.25, -0.2) is 4.79 Å². The first-order chi connectivity index (χ1) is 8.43. The normalized spacial score (nSPS) is 11.9. The molecule has 0 heterocycles. The summed E-state index contributed by atoms with van der Waals surface area (Å²) in [7, 11) is 0. The van der Waals surface area contributed by atoms with Gasteiger partial charge in [-0.05, 0) is 25.5 Å². The molecule has 0 saturated carbocycles. The third-order valence-corrected chi connectivity index (χ3v) is 2.82. The van der Waals surface area contributed by atoms with Crippen LogP contribution < -0.4 is 4.90 Å². The molecular formula is C13H17NO4. The molecule has 0 fully saturated rings. The van der Waals surface area contributed by atoms with E-state index in [1.54, 1.807) is 17.9 Å². The summed E-state index contributed by atoms with van der Waals surface area (Å²) < 4.78 is 0. The summed E-state index contributed by atoms with van der Waals surface area (Å²) in [5.74, 6) is -1.91. The maximum Gasteiger partial charge on any atom is 0.326 e. The van der Waals surface area contributed by atoms with Crippen LogP contribution in [-0.2, 0) is 9.59 Å². The van der Waals surface area contributed by atoms with E-state index in [2.05, 4.69) is 0 Å². The number of nitrogens with zero attached hydrogens (tertiary/aromatic N) is 1. The molecule has 1 atom stereocenters. The predicted octanol–water partition coefficient (Wildman–Crippen LogP) is 1.75. The van der Waals surface area contributed by atoms with Crippen LogP contribution >= 0.6 is 0 Å². The summed E-state index contributed by atoms with van der Waals surface area (Å²) in [6, 6.07) is 6.59. The second kappa shape index (κ2) is 6.05. The Morgan fingerprint density at radius 3 is 2.39 bits per heavy atom. The highest BCUT2D eigenvalue weighted by Crippen LogP contribution is 2.22. The van der Waals surface area contributed by atoms with Crippen molar-refractivity contribution < 1.29 is 19.8 Å². The monoisotopic (exact) mass is 251 g/mol. The van der Waals surface area contributed by atoms with Gasteiger partial charge in [-0.2, -0.15) is 0 Å². The molecule has 0 amide bonds. The zero-order valence-corrected chi connectivity index (χ0v) is 10.5. The van der Waals surface area contributed by atoms with E-state index >= 15 is 0 Å². The fraction of sp³-hybridized carbons (Fsp3) is 0.385. The number of carboxylic acid groups (broad SMARTS) is 2. The molecule has 98 valence electrons. The molecule has 0 bridgehead atoms. The topological polar surface area (TPSA) is 77.8 Å². The van der Waals surface area contributed by atoms with Gasteiger partial charge in [0.05, 0.1) is 6.42 Å². The van der Waals surface area contributed by atoms with Crippen LogP contribution in [0.15, 0.2) is 24.3 Å². The summed E-state index contributed by atoms with van der Waals surface area (Å²) in [4.78, 5) is 23.3. The maximum atomic E-state index is 11.1. The van der Waals surface area contributed by atoms with Gasteiger partial charge in [0, 0.05) is 12.2 Å². The Labute approximate surface area is 106 Å². The van der Waals surface area contributed by atoms with Crippen molar-refractivity contribution in [1.29, 1.82) is 0 Å². The van der Waals surface area contributed by atoms with E-state index in [0.29, 0.717) is 0 Å². The summed E-state index contributed by atoms with van der Waals surface area (Å²) in [5, 5.41) is 17.8. The van der Waals surface area contributed by atoms with E-state index in [1.807, 2.05) is 25.1 Å². The zero-order chi connectivity index (χ0) is 13.7. The Balaban J connectivity index is 3.00. The average Bonchev–Trinajstić information content (AvgIpc) is 2.30. The fourth-order valence-corrected chi connectivity index (χ4v) is 1.76. The first-order valence-electron chi connectivity index (χ1n) is 5.70. The van der Waals surface area contributed by atoms with Crippen LogP contribution in [0.3, 0.4) is 0 Å². The number of aryl methyl sites for hydroxylation is 1. The number of aliphatic carboxylic acids is 2. The molecule has 18 heavy (non-hydrogen) atoms. The Hall–Kier alpha value is -2.04. The molecule has 5 heteroatoms. The molecule has 0 saturated heterocycles. The standard InChI is InChI=1S/C13H17NO4/c1-9-5-3-4-6-11(9)14(8-7-12(15)16)10(2)13(17)18/h3-6,10H,7-8H2,1-2H3,(H,15,16)(H,17,18). The smallest absolute Gasteiger partial charge is 0.326 e. The largest absolute Gasteiger partial charge is 0.481 e. The van der Waals surface area contributed by atoms with Crippen LogP contribution in [0.4, 0.5) is 5.69 Å². The SMILES string of the molecule is Cc1ccccc1N(CCC(=O)O)C(C)C(=O)O. The van der Waals surface area contributed by atoms with E-state index in [9.17, 15) is 9.59 Å². The molecular weight excluding hydrogens is 234 g/mol. The molecule has 0 radical (unpaired) electrons. The lowest BCUT2D eigenvalue weighted by molar-refractivity contribution is -0.139. The number of para-hydroxylation sites is 1. The van der Waals surface area contributed by atoms with E-state index in [0.717, 1.165) is 11.3 Å². The van der Waals surface area contributed by atoms with E-state index < -0.39 is 18.0 Å². The highest BCUT2D eigenvalue weighted by molar-refractivity contribution is 5.78. The summed E-state index contributed by atoms with van der Waals surface area (Å²) in [5.41, 5.74) is 1.68. The van der Waals surface area contributed by atoms with Gasteiger partial charge < -0.3 is 15.1 Å². The molecule has 1 unspecified atom stereocenters. The van der Waals surface area contributed by atoms with Gasteiger partial charge in [0.2, 0.25) is 0 Å². The Kier molecular flexibility index (Phi) is 4.71. The number of carbonyl (C=O) groups is 2. The third-order valence-electron chi connectivity index (χ3n) is 2.82. The van der Waals surface area contributed by atoms with E-state index in [1.165, 1.54) is 0 Å². The summed E-state index contributed by atoms with van der Waals surface area (Å²) in [6.07, 6.45) is -0.0913. The molecule has 0 aliphatic carbocycles. The molecule has 1 aromatic carbocycles. The van der Waals surface area contributed by atoms with Crippen molar-refractivity contribution in [2.45, 2.75) is 26.3 Å². The molecule has 2 N–H and O–H groups in total. The van der Waals surface area contributed by atoms with Crippen LogP contribution in [0, 0.1) is 6.92 Å². The lowest BCUT2D eigenvalue weighted by Crippen LogP contribution is -2.40. The second-order valence-electron chi connectivity index (χ2n) is 4.14. The van der Waals surface area contributed by atoms with Crippen LogP contribution in [-0.4, -0.2) is 34.7 Å². The van der Waals surface area contributed by atoms with Crippen LogP contribution in [0.25, 0.3) is 0 Å². The molecule has 5 nitrogen and oxygen atoms in total. The second-order valence-corrected chi connectivity index (χ2v) is 4.14.